The van der Waals surface area contributed by atoms with Crippen molar-refractivity contribution in [3.8, 4) is 17.6 Å². The summed E-state index contributed by atoms with van der Waals surface area (Å²) in [6.45, 7) is 5.72. The Hall–Kier alpha value is -7.73. The number of H-pyrrole nitrogens is 2. The Morgan fingerprint density at radius 2 is 1.16 bits per heavy atom. The molecule has 2 fully saturated rings. The Kier molecular flexibility index (Phi) is 21.7. The van der Waals surface area contributed by atoms with E-state index in [0.717, 1.165) is 21.5 Å². The van der Waals surface area contributed by atoms with E-state index < -0.39 is 108 Å². The van der Waals surface area contributed by atoms with E-state index >= 15 is 0 Å². The Balaban J connectivity index is 1.11. The summed E-state index contributed by atoms with van der Waals surface area (Å²) in [5.41, 5.74) is -0.756. The van der Waals surface area contributed by atoms with Crippen LogP contribution in [0, 0.1) is 32.1 Å². The monoisotopic (exact) mass is 1350 g/mol. The maximum Gasteiger partial charge on any atom is 0.330 e. The van der Waals surface area contributed by atoms with Gasteiger partial charge in [0, 0.05) is 42.8 Å². The molecule has 25 heteroatoms. The van der Waals surface area contributed by atoms with Crippen molar-refractivity contribution >= 4 is 47.3 Å². The highest BCUT2D eigenvalue weighted by Gasteiger charge is 2.56. The SMILES string of the molecule is COc1ccc(C(OC[C@H]2O[C@@H](n3cc(C)c(=O)[nH]c3=O)C[C@@H]2O[P@@](=S)(OCCC#N)O[C@@H](CCOS(=O)(=O)c2ccc(C)cc2)[C@H]2O[C@@H](n3cc(C)c(=O)[nH]c3=O)C[C@@H]2O[Si](c2ccccc2)(c2ccccc2)C(C)(C)C)(c2ccccc2)c2ccc(OC)cc2)cc1. The molecule has 21 nitrogen and oxygen atoms in total. The molecule has 2 N–H and O–H groups in total. The lowest BCUT2D eigenvalue weighted by Gasteiger charge is -2.46. The average Bonchev–Trinajstić information content (AvgIpc) is 0.830. The largest absolute Gasteiger partial charge is 0.497 e. The summed E-state index contributed by atoms with van der Waals surface area (Å²) >= 11 is 6.58. The van der Waals surface area contributed by atoms with E-state index in [0.29, 0.717) is 22.6 Å². The minimum absolute atomic E-state index is 0.0155. The van der Waals surface area contributed by atoms with Crippen LogP contribution in [-0.4, -0.2) is 100 Å². The Labute approximate surface area is 551 Å². The molecule has 0 radical (unpaired) electrons. The molecule has 0 saturated carbocycles. The lowest BCUT2D eigenvalue weighted by molar-refractivity contribution is -0.0991. The van der Waals surface area contributed by atoms with Crippen LogP contribution in [0.5, 0.6) is 11.5 Å². The molecular weight excluding hydrogens is 1280 g/mol. The van der Waals surface area contributed by atoms with Gasteiger partial charge in [0.1, 0.15) is 41.8 Å². The number of hydrogen-bond acceptors (Lipinski definition) is 18. The number of hydrogen-bond donors (Lipinski definition) is 2. The van der Waals surface area contributed by atoms with Crippen molar-refractivity contribution in [2.24, 2.45) is 0 Å². The molecule has 2 aromatic heterocycles. The van der Waals surface area contributed by atoms with Crippen LogP contribution >= 0.6 is 6.72 Å². The second-order valence-electron chi connectivity index (χ2n) is 24.1. The molecule has 2 aliphatic heterocycles. The third kappa shape index (κ3) is 15.0. The minimum atomic E-state index is -4.42. The van der Waals surface area contributed by atoms with Gasteiger partial charge >= 0.3 is 18.1 Å². The van der Waals surface area contributed by atoms with Crippen LogP contribution in [0.1, 0.15) is 92.3 Å². The summed E-state index contributed by atoms with van der Waals surface area (Å²) in [7, 11) is -4.85. The Bertz CT molecular complexity index is 4270. The Morgan fingerprint density at radius 3 is 1.66 bits per heavy atom. The Morgan fingerprint density at radius 1 is 0.670 bits per heavy atom. The van der Waals surface area contributed by atoms with Gasteiger partial charge in [0.05, 0.1) is 69.7 Å². The van der Waals surface area contributed by atoms with E-state index in [2.05, 4.69) is 36.8 Å². The maximum atomic E-state index is 14.1. The zero-order valence-electron chi connectivity index (χ0n) is 53.4. The van der Waals surface area contributed by atoms with Crippen LogP contribution in [0.4, 0.5) is 0 Å². The van der Waals surface area contributed by atoms with Crippen LogP contribution in [0.25, 0.3) is 0 Å². The van der Waals surface area contributed by atoms with E-state index in [1.54, 1.807) is 40.2 Å². The van der Waals surface area contributed by atoms with E-state index in [1.165, 1.54) is 33.7 Å². The number of aryl methyl sites for hydroxylation is 3. The van der Waals surface area contributed by atoms with E-state index in [1.807, 2.05) is 146 Å². The summed E-state index contributed by atoms with van der Waals surface area (Å²) < 4.78 is 98.0. The predicted octanol–water partition coefficient (Wildman–Crippen LogP) is 9.28. The molecule has 2 aliphatic rings. The zero-order valence-corrected chi connectivity index (χ0v) is 56.9. The number of benzene rings is 6. The average molecular weight is 1350 g/mol. The van der Waals surface area contributed by atoms with Crippen molar-refractivity contribution in [1.29, 1.82) is 5.26 Å². The second kappa shape index (κ2) is 29.5. The van der Waals surface area contributed by atoms with Crippen molar-refractivity contribution in [3.63, 3.8) is 0 Å². The van der Waals surface area contributed by atoms with Crippen LogP contribution in [0.3, 0.4) is 0 Å². The summed E-state index contributed by atoms with van der Waals surface area (Å²) in [6.07, 6.45) is -6.07. The first-order chi connectivity index (χ1) is 45.0. The van der Waals surface area contributed by atoms with Gasteiger partial charge in [-0.05, 0) is 101 Å². The van der Waals surface area contributed by atoms with Gasteiger partial charge in [0.15, 0.2) is 0 Å². The van der Waals surface area contributed by atoms with Crippen LogP contribution < -0.4 is 42.3 Å². The third-order valence-corrected chi connectivity index (χ3v) is 25.7. The first-order valence-electron chi connectivity index (χ1n) is 30.7. The number of aromatic nitrogens is 4. The smallest absolute Gasteiger partial charge is 0.330 e. The van der Waals surface area contributed by atoms with Gasteiger partial charge in [-0.2, -0.15) is 13.7 Å². The van der Waals surface area contributed by atoms with Crippen molar-refractivity contribution in [3.05, 3.63) is 251 Å². The van der Waals surface area contributed by atoms with Gasteiger partial charge in [-0.1, -0.05) is 154 Å². The third-order valence-electron chi connectivity index (χ3n) is 16.9. The molecule has 8 atom stereocenters. The highest BCUT2D eigenvalue weighted by atomic mass is 32.5. The van der Waals surface area contributed by atoms with Crippen molar-refractivity contribution in [1.82, 2.24) is 19.1 Å². The van der Waals surface area contributed by atoms with E-state index in [9.17, 15) is 32.9 Å². The van der Waals surface area contributed by atoms with Gasteiger partial charge in [-0.25, -0.2) is 9.59 Å². The molecule has 0 unspecified atom stereocenters. The first-order valence-corrected chi connectivity index (χ1v) is 36.6. The fourth-order valence-electron chi connectivity index (χ4n) is 12.2. The molecule has 0 bridgehead atoms. The van der Waals surface area contributed by atoms with Crippen molar-refractivity contribution in [2.45, 2.75) is 126 Å². The maximum absolute atomic E-state index is 14.1. The van der Waals surface area contributed by atoms with Gasteiger partial charge in [-0.3, -0.25) is 32.9 Å². The number of aromatic amines is 2. The fourth-order valence-corrected chi connectivity index (χ4v) is 20.3. The lowest BCUT2D eigenvalue weighted by Crippen LogP contribution is -2.68. The standard InChI is InChI=1S/C69H76N5O16PS2Si/c1-46-25-35-54(36-26-46)93(79,80)85-40-37-57(63-59(42-62(87-63)74-44-48(3)65(76)72-67(74)78)90-94(68(4,5)6,55-21-14-10-15-22-55)56-23-16-11-17-24-56)88-91(92,84-39-18-38-70)89-58-41-61(73-43-47(2)64(75)71-66(73)77)86-60(58)45-83-69(49-19-12-9-13-20-49,50-27-31-52(81-7)32-28-50)51-29-33-53(82-8)34-30-51/h9-17,19-36,43-44,57-63H,18,37,39-42,45H2,1-8H3,(H,71,75,77)(H,72,76,78)/t57-,58-,59-,60+,61+,62+,63+,91+/m0/s1. The lowest BCUT2D eigenvalue weighted by atomic mass is 9.80. The molecular formula is C69H76N5O16PS2Si. The molecule has 8 aromatic rings. The van der Waals surface area contributed by atoms with Gasteiger partial charge in [0.2, 0.25) is 0 Å². The number of nitrogens with zero attached hydrogens (tertiary/aromatic N) is 3. The predicted molar refractivity (Wildman–Crippen MR) is 359 cm³/mol. The molecule has 0 aliphatic carbocycles. The molecule has 0 spiro atoms. The van der Waals surface area contributed by atoms with Gasteiger partial charge in [-0.15, -0.1) is 0 Å². The normalized spacial score (nSPS) is 19.5. The molecule has 6 aromatic carbocycles. The molecule has 0 amide bonds. The fraction of sp³-hybridized carbons (Fsp3) is 0.348. The van der Waals surface area contributed by atoms with Crippen LogP contribution in [0.15, 0.2) is 200 Å². The molecule has 10 rings (SSSR count). The van der Waals surface area contributed by atoms with E-state index in [-0.39, 0.29) is 54.9 Å². The highest BCUT2D eigenvalue weighted by molar-refractivity contribution is 8.07. The topological polar surface area (TPSA) is 260 Å². The summed E-state index contributed by atoms with van der Waals surface area (Å²) in [4.78, 5) is 58.4. The summed E-state index contributed by atoms with van der Waals surface area (Å²) in [6, 6.07) is 52.4. The molecule has 2 saturated heterocycles. The number of rotatable bonds is 27. The highest BCUT2D eigenvalue weighted by Crippen LogP contribution is 2.57. The van der Waals surface area contributed by atoms with Gasteiger partial charge < -0.3 is 41.7 Å². The second-order valence-corrected chi connectivity index (χ2v) is 32.9. The molecule has 494 valence electrons. The first kappa shape index (κ1) is 69.1. The molecule has 4 heterocycles. The van der Waals surface area contributed by atoms with E-state index in [4.69, 9.17) is 57.7 Å². The van der Waals surface area contributed by atoms with Crippen molar-refractivity contribution < 1.29 is 54.3 Å². The quantitative estimate of drug-likeness (QED) is 0.0160. The van der Waals surface area contributed by atoms with Crippen molar-refractivity contribution in [2.75, 3.05) is 34.0 Å². The number of ether oxygens (including phenoxy) is 5. The van der Waals surface area contributed by atoms with Gasteiger partial charge in [0.25, 0.3) is 29.6 Å². The van der Waals surface area contributed by atoms with Crippen LogP contribution in [-0.2, 0) is 63.9 Å². The summed E-state index contributed by atoms with van der Waals surface area (Å²) in [5.74, 6) is 1.19. The number of nitriles is 1. The zero-order chi connectivity index (χ0) is 67.0. The van der Waals surface area contributed by atoms with Crippen LogP contribution in [0.2, 0.25) is 5.04 Å². The number of methoxy groups -OCH3 is 2. The number of nitrogens with one attached hydrogen (secondary N) is 2. The minimum Gasteiger partial charge on any atom is -0.497 e. The molecule has 94 heavy (non-hydrogen) atoms. The summed E-state index contributed by atoms with van der Waals surface area (Å²) in [5, 5.41) is 11.2.